The van der Waals surface area contributed by atoms with Crippen LogP contribution in [0.1, 0.15) is 30.9 Å². The molecule has 3 heterocycles. The number of oxazole rings is 1. The van der Waals surface area contributed by atoms with E-state index >= 15 is 0 Å². The van der Waals surface area contributed by atoms with Gasteiger partial charge in [0.2, 0.25) is 0 Å². The first-order valence-electron chi connectivity index (χ1n) is 10.7. The number of nitrogens with zero attached hydrogens (tertiary/aromatic N) is 1. The number of hydrogen-bond acceptors (Lipinski definition) is 5. The van der Waals surface area contributed by atoms with Gasteiger partial charge in [0.25, 0.3) is 0 Å². The highest BCUT2D eigenvalue weighted by Gasteiger charge is 2.34. The van der Waals surface area contributed by atoms with E-state index in [-0.39, 0.29) is 5.82 Å². The van der Waals surface area contributed by atoms with Crippen molar-refractivity contribution >= 4 is 16.8 Å². The molecule has 31 heavy (non-hydrogen) atoms. The first-order chi connectivity index (χ1) is 15.0. The summed E-state index contributed by atoms with van der Waals surface area (Å²) < 4.78 is 18.3. The average molecular weight is 423 g/mol. The zero-order valence-corrected chi connectivity index (χ0v) is 17.5. The fraction of sp³-hybridized carbons (Fsp3) is 0.375. The van der Waals surface area contributed by atoms with Gasteiger partial charge in [0.15, 0.2) is 5.58 Å². The lowest BCUT2D eigenvalue weighted by Gasteiger charge is -2.35. The minimum absolute atomic E-state index is 0.179. The molecule has 2 aliphatic rings. The monoisotopic (exact) mass is 423 g/mol. The molecule has 0 radical (unpaired) electrons. The summed E-state index contributed by atoms with van der Waals surface area (Å²) >= 11 is 0. The predicted molar refractivity (Wildman–Crippen MR) is 117 cm³/mol. The Kier molecular flexibility index (Phi) is 5.16. The Labute approximate surface area is 179 Å². The van der Waals surface area contributed by atoms with Crippen LogP contribution in [-0.2, 0) is 11.3 Å². The Balaban J connectivity index is 1.19. The van der Waals surface area contributed by atoms with Crippen molar-refractivity contribution in [1.29, 1.82) is 0 Å². The SMILES string of the molecule is CC1(CN2CCC(Cc3ccc(F)cc3)CC2)C=C(c2ccc3[nH]c(=O)oc3c2)NO1. The number of halogens is 1. The number of hydrogen-bond donors (Lipinski definition) is 2. The number of aromatic amines is 1. The highest BCUT2D eigenvalue weighted by Crippen LogP contribution is 2.30. The van der Waals surface area contributed by atoms with Crippen LogP contribution in [0.15, 0.2) is 57.8 Å². The third-order valence-electron chi connectivity index (χ3n) is 6.26. The molecular weight excluding hydrogens is 397 g/mol. The fourth-order valence-electron chi connectivity index (χ4n) is 4.62. The van der Waals surface area contributed by atoms with Crippen LogP contribution >= 0.6 is 0 Å². The van der Waals surface area contributed by atoms with Crippen LogP contribution in [0.4, 0.5) is 4.39 Å². The highest BCUT2D eigenvalue weighted by atomic mass is 19.1. The normalized spacial score (nSPS) is 22.6. The number of aromatic nitrogens is 1. The third-order valence-corrected chi connectivity index (χ3v) is 6.26. The van der Waals surface area contributed by atoms with Crippen molar-refractivity contribution < 1.29 is 13.6 Å². The molecule has 1 fully saturated rings. The summed E-state index contributed by atoms with van der Waals surface area (Å²) in [7, 11) is 0. The lowest BCUT2D eigenvalue weighted by molar-refractivity contribution is -0.0458. The topological polar surface area (TPSA) is 70.5 Å². The van der Waals surface area contributed by atoms with E-state index in [0.717, 1.165) is 50.2 Å². The Bertz CT molecular complexity index is 1160. The molecule has 2 aliphatic heterocycles. The maximum atomic E-state index is 13.1. The Hall–Kier alpha value is -2.90. The molecule has 0 bridgehead atoms. The molecule has 1 atom stereocenters. The molecule has 0 aliphatic carbocycles. The highest BCUT2D eigenvalue weighted by molar-refractivity contribution is 5.78. The second kappa shape index (κ2) is 7.98. The van der Waals surface area contributed by atoms with Crippen LogP contribution < -0.4 is 11.2 Å². The largest absolute Gasteiger partial charge is 0.417 e. The van der Waals surface area contributed by atoms with Gasteiger partial charge < -0.3 is 9.32 Å². The minimum atomic E-state index is -0.454. The van der Waals surface area contributed by atoms with Crippen molar-refractivity contribution in [2.45, 2.75) is 31.8 Å². The molecule has 1 unspecified atom stereocenters. The van der Waals surface area contributed by atoms with Crippen molar-refractivity contribution in [2.24, 2.45) is 5.92 Å². The molecule has 0 saturated carbocycles. The van der Waals surface area contributed by atoms with Crippen LogP contribution in [0.25, 0.3) is 16.8 Å². The van der Waals surface area contributed by atoms with E-state index in [1.165, 1.54) is 5.56 Å². The van der Waals surface area contributed by atoms with Gasteiger partial charge in [0.1, 0.15) is 11.4 Å². The van der Waals surface area contributed by atoms with E-state index in [1.807, 2.05) is 30.3 Å². The summed E-state index contributed by atoms with van der Waals surface area (Å²) in [5.74, 6) is -0.00242. The van der Waals surface area contributed by atoms with Crippen molar-refractivity contribution in [2.75, 3.05) is 19.6 Å². The van der Waals surface area contributed by atoms with Crippen molar-refractivity contribution in [3.8, 4) is 0 Å². The molecular formula is C24H26FN3O3. The molecule has 2 aromatic carbocycles. The molecule has 5 rings (SSSR count). The summed E-state index contributed by atoms with van der Waals surface area (Å²) in [4.78, 5) is 22.4. The number of piperidine rings is 1. The summed E-state index contributed by atoms with van der Waals surface area (Å²) in [6.07, 6.45) is 5.36. The summed E-state index contributed by atoms with van der Waals surface area (Å²) in [5, 5.41) is 0. The van der Waals surface area contributed by atoms with Gasteiger partial charge in [-0.1, -0.05) is 18.2 Å². The maximum absolute atomic E-state index is 13.1. The Morgan fingerprint density at radius 3 is 2.71 bits per heavy atom. The van der Waals surface area contributed by atoms with Crippen molar-refractivity contribution in [3.63, 3.8) is 0 Å². The van der Waals surface area contributed by atoms with E-state index in [2.05, 4.69) is 28.4 Å². The first-order valence-corrected chi connectivity index (χ1v) is 10.7. The zero-order chi connectivity index (χ0) is 21.4. The van der Waals surface area contributed by atoms with Gasteiger partial charge in [-0.25, -0.2) is 9.18 Å². The van der Waals surface area contributed by atoms with Gasteiger partial charge in [0, 0.05) is 12.1 Å². The average Bonchev–Trinajstić information content (AvgIpc) is 3.32. The Morgan fingerprint density at radius 2 is 1.94 bits per heavy atom. The van der Waals surface area contributed by atoms with Gasteiger partial charge in [-0.15, -0.1) is 0 Å². The predicted octanol–water partition coefficient (Wildman–Crippen LogP) is 3.85. The number of nitrogens with one attached hydrogen (secondary N) is 2. The van der Waals surface area contributed by atoms with Gasteiger partial charge >= 0.3 is 5.76 Å². The lowest BCUT2D eigenvalue weighted by atomic mass is 9.89. The van der Waals surface area contributed by atoms with E-state index in [4.69, 9.17) is 9.25 Å². The number of fused-ring (bicyclic) bond motifs is 1. The number of hydroxylamine groups is 1. The Morgan fingerprint density at radius 1 is 1.16 bits per heavy atom. The molecule has 3 aromatic rings. The third kappa shape index (κ3) is 4.43. The van der Waals surface area contributed by atoms with E-state index in [1.54, 1.807) is 12.1 Å². The summed E-state index contributed by atoms with van der Waals surface area (Å²) in [6, 6.07) is 12.5. The van der Waals surface area contributed by atoms with Gasteiger partial charge in [-0.2, -0.15) is 0 Å². The molecule has 7 heteroatoms. The van der Waals surface area contributed by atoms with Crippen LogP contribution in [-0.4, -0.2) is 35.1 Å². The molecule has 2 N–H and O–H groups in total. The maximum Gasteiger partial charge on any atom is 0.417 e. The van der Waals surface area contributed by atoms with Gasteiger partial charge in [-0.3, -0.25) is 15.3 Å². The number of rotatable bonds is 5. The van der Waals surface area contributed by atoms with E-state index < -0.39 is 11.4 Å². The molecule has 0 spiro atoms. The number of likely N-dealkylation sites (tertiary alicyclic amines) is 1. The van der Waals surface area contributed by atoms with Crippen LogP contribution in [0.5, 0.6) is 0 Å². The van der Waals surface area contributed by atoms with Crippen LogP contribution in [0.2, 0.25) is 0 Å². The van der Waals surface area contributed by atoms with E-state index in [0.29, 0.717) is 17.0 Å². The quantitative estimate of drug-likeness (QED) is 0.652. The first kappa shape index (κ1) is 20.0. The standard InChI is InChI=1S/C24H26FN3O3/c1-24(14-21(27-31-24)18-4-7-20-22(13-18)30-23(29)26-20)15-28-10-8-17(9-11-28)12-16-2-5-19(25)6-3-16/h2-7,13-14,17,27H,8-12,15H2,1H3,(H,26,29). The van der Waals surface area contributed by atoms with Gasteiger partial charge in [-0.05, 0) is 81.1 Å². The van der Waals surface area contributed by atoms with Crippen molar-refractivity contribution in [1.82, 2.24) is 15.4 Å². The number of H-pyrrole nitrogens is 1. The molecule has 1 saturated heterocycles. The van der Waals surface area contributed by atoms with Crippen LogP contribution in [0, 0.1) is 11.7 Å². The zero-order valence-electron chi connectivity index (χ0n) is 17.5. The smallest absolute Gasteiger partial charge is 0.408 e. The van der Waals surface area contributed by atoms with Gasteiger partial charge in [0.05, 0.1) is 11.2 Å². The number of benzene rings is 2. The second-order valence-electron chi connectivity index (χ2n) is 8.85. The molecule has 1 aromatic heterocycles. The fourth-order valence-corrected chi connectivity index (χ4v) is 4.62. The minimum Gasteiger partial charge on any atom is -0.408 e. The second-order valence-corrected chi connectivity index (χ2v) is 8.85. The summed E-state index contributed by atoms with van der Waals surface area (Å²) in [6.45, 7) is 4.92. The van der Waals surface area contributed by atoms with Crippen molar-refractivity contribution in [3.05, 3.63) is 76.0 Å². The molecule has 162 valence electrons. The van der Waals surface area contributed by atoms with E-state index in [9.17, 15) is 9.18 Å². The molecule has 6 nitrogen and oxygen atoms in total. The molecule has 0 amide bonds. The van der Waals surface area contributed by atoms with Crippen LogP contribution in [0.3, 0.4) is 0 Å². The lowest BCUT2D eigenvalue weighted by Crippen LogP contribution is -2.44. The summed E-state index contributed by atoms with van der Waals surface area (Å²) in [5.41, 5.74) is 6.81.